The normalized spacial score (nSPS) is 18.5. The molecule has 17 heavy (non-hydrogen) atoms. The van der Waals surface area contributed by atoms with E-state index in [0.717, 1.165) is 18.2 Å². The maximum atomic E-state index is 5.78. The predicted molar refractivity (Wildman–Crippen MR) is 76.6 cm³/mol. The Labute approximate surface area is 109 Å². The number of benzene rings is 1. The first-order chi connectivity index (χ1) is 8.33. The quantitative estimate of drug-likeness (QED) is 0.847. The Balaban J connectivity index is 1.96. The van der Waals surface area contributed by atoms with Crippen LogP contribution in [0.2, 0.25) is 0 Å². The number of nitrogens with two attached hydrogens (primary N) is 1. The molecule has 1 aromatic carbocycles. The zero-order valence-electron chi connectivity index (χ0n) is 10.7. The summed E-state index contributed by atoms with van der Waals surface area (Å²) in [7, 11) is 0. The van der Waals surface area contributed by atoms with Crippen molar-refractivity contribution < 1.29 is 0 Å². The third-order valence-corrected chi connectivity index (χ3v) is 5.08. The van der Waals surface area contributed by atoms with Crippen LogP contribution >= 0.6 is 11.8 Å². The molecule has 1 aliphatic carbocycles. The summed E-state index contributed by atoms with van der Waals surface area (Å²) in [5.41, 5.74) is 7.17. The Morgan fingerprint density at radius 1 is 1.24 bits per heavy atom. The van der Waals surface area contributed by atoms with Gasteiger partial charge >= 0.3 is 0 Å². The molecule has 0 radical (unpaired) electrons. The molecule has 0 amide bonds. The Morgan fingerprint density at radius 3 is 2.41 bits per heavy atom. The summed E-state index contributed by atoms with van der Waals surface area (Å²) in [6, 6.07) is 9.07. The third kappa shape index (κ3) is 3.49. The van der Waals surface area contributed by atoms with Crippen LogP contribution in [0.15, 0.2) is 29.2 Å². The molecule has 1 aromatic rings. The van der Waals surface area contributed by atoms with Gasteiger partial charge in [0.25, 0.3) is 0 Å². The molecule has 94 valence electrons. The lowest BCUT2D eigenvalue weighted by molar-refractivity contribution is 0.674. The first-order valence-electron chi connectivity index (χ1n) is 6.80. The average molecular weight is 249 g/mol. The van der Waals surface area contributed by atoms with Crippen molar-refractivity contribution in [1.29, 1.82) is 0 Å². The predicted octanol–water partition coefficient (Wildman–Crippen LogP) is 4.17. The van der Waals surface area contributed by atoms with Gasteiger partial charge in [-0.2, -0.15) is 0 Å². The van der Waals surface area contributed by atoms with E-state index in [4.69, 9.17) is 5.73 Å². The molecule has 1 unspecified atom stereocenters. The zero-order chi connectivity index (χ0) is 12.1. The molecule has 1 aliphatic rings. The minimum Gasteiger partial charge on any atom is -0.330 e. The van der Waals surface area contributed by atoms with Crippen molar-refractivity contribution >= 4 is 11.8 Å². The molecule has 2 heteroatoms. The van der Waals surface area contributed by atoms with Gasteiger partial charge in [0.15, 0.2) is 0 Å². The highest BCUT2D eigenvalue weighted by atomic mass is 32.2. The summed E-state index contributed by atoms with van der Waals surface area (Å²) < 4.78 is 0. The molecule has 0 aromatic heterocycles. The first kappa shape index (κ1) is 13.0. The van der Waals surface area contributed by atoms with Gasteiger partial charge in [0.2, 0.25) is 0 Å². The fraction of sp³-hybridized carbons (Fsp3) is 0.600. The van der Waals surface area contributed by atoms with Gasteiger partial charge in [-0.05, 0) is 49.4 Å². The van der Waals surface area contributed by atoms with Gasteiger partial charge in [0, 0.05) is 10.1 Å². The second-order valence-electron chi connectivity index (χ2n) is 4.93. The highest BCUT2D eigenvalue weighted by Crippen LogP contribution is 2.35. The van der Waals surface area contributed by atoms with E-state index in [1.165, 1.54) is 36.1 Å². The average Bonchev–Trinajstić information content (AvgIpc) is 2.86. The molecule has 0 bridgehead atoms. The van der Waals surface area contributed by atoms with Gasteiger partial charge in [-0.1, -0.05) is 31.9 Å². The van der Waals surface area contributed by atoms with E-state index in [1.54, 1.807) is 0 Å². The fourth-order valence-corrected chi connectivity index (χ4v) is 3.80. The van der Waals surface area contributed by atoms with Crippen molar-refractivity contribution in [1.82, 2.24) is 0 Å². The monoisotopic (exact) mass is 249 g/mol. The second-order valence-corrected chi connectivity index (χ2v) is 6.31. The molecule has 0 aliphatic heterocycles. The second kappa shape index (κ2) is 6.46. The smallest absolute Gasteiger partial charge is 0.00944 e. The van der Waals surface area contributed by atoms with Gasteiger partial charge in [0.1, 0.15) is 0 Å². The van der Waals surface area contributed by atoms with Crippen molar-refractivity contribution in [3.63, 3.8) is 0 Å². The van der Waals surface area contributed by atoms with Crippen LogP contribution in [0.4, 0.5) is 0 Å². The Hall–Kier alpha value is -0.470. The molecule has 1 saturated carbocycles. The first-order valence-corrected chi connectivity index (χ1v) is 7.68. The van der Waals surface area contributed by atoms with Crippen molar-refractivity contribution in [3.05, 3.63) is 29.8 Å². The van der Waals surface area contributed by atoms with Crippen LogP contribution < -0.4 is 5.73 Å². The summed E-state index contributed by atoms with van der Waals surface area (Å²) in [5.74, 6) is 0.528. The number of hydrogen-bond donors (Lipinski definition) is 1. The molecule has 0 heterocycles. The lowest BCUT2D eigenvalue weighted by Crippen LogP contribution is -2.11. The van der Waals surface area contributed by atoms with Gasteiger partial charge in [-0.15, -0.1) is 11.8 Å². The van der Waals surface area contributed by atoms with Crippen molar-refractivity contribution in [2.75, 3.05) is 6.54 Å². The van der Waals surface area contributed by atoms with Crippen molar-refractivity contribution in [2.45, 2.75) is 55.1 Å². The zero-order valence-corrected chi connectivity index (χ0v) is 11.5. The lowest BCUT2D eigenvalue weighted by atomic mass is 9.97. The van der Waals surface area contributed by atoms with E-state index < -0.39 is 0 Å². The van der Waals surface area contributed by atoms with Crippen molar-refractivity contribution in [3.8, 4) is 0 Å². The Bertz CT molecular complexity index is 323. The number of hydrogen-bond acceptors (Lipinski definition) is 2. The summed E-state index contributed by atoms with van der Waals surface area (Å²) in [6.45, 7) is 2.96. The molecular weight excluding hydrogens is 226 g/mol. The Morgan fingerprint density at radius 2 is 1.88 bits per heavy atom. The molecule has 2 rings (SSSR count). The van der Waals surface area contributed by atoms with Gasteiger partial charge < -0.3 is 5.73 Å². The van der Waals surface area contributed by atoms with Crippen LogP contribution in [0.25, 0.3) is 0 Å². The van der Waals surface area contributed by atoms with E-state index in [-0.39, 0.29) is 0 Å². The highest BCUT2D eigenvalue weighted by Gasteiger charge is 2.16. The maximum absolute atomic E-state index is 5.78. The minimum absolute atomic E-state index is 0.528. The largest absolute Gasteiger partial charge is 0.330 e. The van der Waals surface area contributed by atoms with Crippen LogP contribution in [-0.4, -0.2) is 11.8 Å². The summed E-state index contributed by atoms with van der Waals surface area (Å²) in [4.78, 5) is 1.42. The Kier molecular flexibility index (Phi) is 4.93. The van der Waals surface area contributed by atoms with Crippen LogP contribution in [0, 0.1) is 0 Å². The summed E-state index contributed by atoms with van der Waals surface area (Å²) >= 11 is 2.06. The molecule has 2 N–H and O–H groups in total. The maximum Gasteiger partial charge on any atom is 0.00944 e. The van der Waals surface area contributed by atoms with Crippen molar-refractivity contribution in [2.24, 2.45) is 5.73 Å². The summed E-state index contributed by atoms with van der Waals surface area (Å²) in [6.07, 6.45) is 6.76. The minimum atomic E-state index is 0.528. The van der Waals surface area contributed by atoms with E-state index in [1.807, 2.05) is 0 Å². The van der Waals surface area contributed by atoms with E-state index >= 15 is 0 Å². The third-order valence-electron chi connectivity index (χ3n) is 3.73. The van der Waals surface area contributed by atoms with Crippen LogP contribution in [0.1, 0.15) is 50.5 Å². The van der Waals surface area contributed by atoms with Gasteiger partial charge in [0.05, 0.1) is 0 Å². The molecule has 0 saturated heterocycles. The van der Waals surface area contributed by atoms with E-state index in [9.17, 15) is 0 Å². The number of thioether (sulfide) groups is 1. The number of rotatable bonds is 5. The van der Waals surface area contributed by atoms with E-state index in [2.05, 4.69) is 43.0 Å². The molecule has 0 spiro atoms. The molecule has 1 fully saturated rings. The molecule has 1 nitrogen and oxygen atoms in total. The SMILES string of the molecule is CCC(CN)c1ccc(SC2CCCC2)cc1. The highest BCUT2D eigenvalue weighted by molar-refractivity contribution is 8.00. The lowest BCUT2D eigenvalue weighted by Gasteiger charge is -2.14. The van der Waals surface area contributed by atoms with Crippen LogP contribution in [0.5, 0.6) is 0 Å². The fourth-order valence-electron chi connectivity index (χ4n) is 2.56. The standard InChI is InChI=1S/C15H23NS/c1-2-12(11-16)13-7-9-15(10-8-13)17-14-5-3-4-6-14/h7-10,12,14H,2-6,11,16H2,1H3. The molecular formula is C15H23NS. The van der Waals surface area contributed by atoms with Crippen LogP contribution in [-0.2, 0) is 0 Å². The van der Waals surface area contributed by atoms with Gasteiger partial charge in [-0.25, -0.2) is 0 Å². The van der Waals surface area contributed by atoms with Gasteiger partial charge in [-0.3, -0.25) is 0 Å². The van der Waals surface area contributed by atoms with E-state index in [0.29, 0.717) is 5.92 Å². The van der Waals surface area contributed by atoms with Crippen LogP contribution in [0.3, 0.4) is 0 Å². The molecule has 1 atom stereocenters. The summed E-state index contributed by atoms with van der Waals surface area (Å²) in [5, 5.41) is 0.859. The topological polar surface area (TPSA) is 26.0 Å².